The summed E-state index contributed by atoms with van der Waals surface area (Å²) in [5.74, 6) is 1.85. The highest BCUT2D eigenvalue weighted by Crippen LogP contribution is 2.37. The van der Waals surface area contributed by atoms with Crippen LogP contribution in [0, 0.1) is 0 Å². The summed E-state index contributed by atoms with van der Waals surface area (Å²) in [4.78, 5) is 21.6. The number of anilines is 1. The highest BCUT2D eigenvalue weighted by atomic mass is 16.1. The quantitative estimate of drug-likeness (QED) is 0.843. The van der Waals surface area contributed by atoms with Crippen molar-refractivity contribution in [3.05, 3.63) is 22.2 Å². The first-order chi connectivity index (χ1) is 9.04. The van der Waals surface area contributed by atoms with Crippen LogP contribution in [0.25, 0.3) is 0 Å². The van der Waals surface area contributed by atoms with Crippen LogP contribution in [0.1, 0.15) is 51.3 Å². The molecular weight excluding hydrogens is 240 g/mol. The molecule has 2 saturated heterocycles. The number of nitrogens with two attached hydrogens (primary N) is 1. The molecule has 2 aliphatic rings. The second kappa shape index (κ2) is 4.63. The SMILES string of the molecule is CC(C)c1nc(N2C3CCC2CC(N)C3)cc(=O)[nH]1. The van der Waals surface area contributed by atoms with Crippen molar-refractivity contribution in [3.8, 4) is 0 Å². The van der Waals surface area contributed by atoms with E-state index in [0.29, 0.717) is 18.1 Å². The number of aromatic nitrogens is 2. The summed E-state index contributed by atoms with van der Waals surface area (Å²) < 4.78 is 0. The molecule has 0 saturated carbocycles. The van der Waals surface area contributed by atoms with Crippen LogP contribution in [0.4, 0.5) is 5.82 Å². The van der Waals surface area contributed by atoms with Gasteiger partial charge in [0, 0.05) is 30.1 Å². The third-order valence-corrected chi connectivity index (χ3v) is 4.33. The van der Waals surface area contributed by atoms with E-state index in [1.54, 1.807) is 6.07 Å². The van der Waals surface area contributed by atoms with Crippen LogP contribution in [0.5, 0.6) is 0 Å². The Bertz CT molecular complexity index is 510. The zero-order chi connectivity index (χ0) is 13.6. The molecule has 0 radical (unpaired) electrons. The standard InChI is InChI=1S/C14H22N4O/c1-8(2)14-16-12(7-13(19)17-14)18-10-3-4-11(18)6-9(15)5-10/h7-11H,3-6,15H2,1-2H3,(H,16,17,19). The van der Waals surface area contributed by atoms with E-state index in [1.807, 2.05) is 13.8 Å². The fourth-order valence-corrected chi connectivity index (χ4v) is 3.46. The van der Waals surface area contributed by atoms with Gasteiger partial charge in [-0.2, -0.15) is 0 Å². The Morgan fingerprint density at radius 3 is 2.58 bits per heavy atom. The van der Waals surface area contributed by atoms with E-state index in [9.17, 15) is 4.79 Å². The van der Waals surface area contributed by atoms with Gasteiger partial charge in [-0.3, -0.25) is 4.79 Å². The second-order valence-corrected chi connectivity index (χ2v) is 6.17. The molecule has 1 aromatic heterocycles. The lowest BCUT2D eigenvalue weighted by Gasteiger charge is -2.38. The van der Waals surface area contributed by atoms with Crippen molar-refractivity contribution in [1.29, 1.82) is 0 Å². The normalized spacial score (nSPS) is 30.1. The summed E-state index contributed by atoms with van der Waals surface area (Å²) >= 11 is 0. The van der Waals surface area contributed by atoms with Gasteiger partial charge in [0.05, 0.1) is 0 Å². The molecule has 0 aliphatic carbocycles. The highest BCUT2D eigenvalue weighted by molar-refractivity contribution is 5.43. The molecule has 0 spiro atoms. The maximum Gasteiger partial charge on any atom is 0.252 e. The van der Waals surface area contributed by atoms with Crippen LogP contribution >= 0.6 is 0 Å². The van der Waals surface area contributed by atoms with E-state index < -0.39 is 0 Å². The third kappa shape index (κ3) is 2.27. The smallest absolute Gasteiger partial charge is 0.252 e. The number of piperidine rings is 1. The fraction of sp³-hybridized carbons (Fsp3) is 0.714. The van der Waals surface area contributed by atoms with E-state index in [-0.39, 0.29) is 11.5 Å². The number of H-pyrrole nitrogens is 1. The molecule has 2 atom stereocenters. The van der Waals surface area contributed by atoms with E-state index >= 15 is 0 Å². The molecule has 2 aliphatic heterocycles. The molecule has 1 aromatic rings. The first-order valence-electron chi connectivity index (χ1n) is 7.19. The number of aromatic amines is 1. The van der Waals surface area contributed by atoms with Gasteiger partial charge in [0.25, 0.3) is 5.56 Å². The summed E-state index contributed by atoms with van der Waals surface area (Å²) in [6.45, 7) is 4.09. The van der Waals surface area contributed by atoms with Crippen LogP contribution in [-0.4, -0.2) is 28.1 Å². The largest absolute Gasteiger partial charge is 0.350 e. The number of nitrogens with zero attached hydrogens (tertiary/aromatic N) is 2. The zero-order valence-corrected chi connectivity index (χ0v) is 11.6. The van der Waals surface area contributed by atoms with Crippen LogP contribution < -0.4 is 16.2 Å². The molecule has 19 heavy (non-hydrogen) atoms. The Balaban J connectivity index is 1.97. The van der Waals surface area contributed by atoms with Crippen molar-refractivity contribution < 1.29 is 0 Å². The van der Waals surface area contributed by atoms with Crippen molar-refractivity contribution in [2.75, 3.05) is 4.90 Å². The number of hydrogen-bond acceptors (Lipinski definition) is 4. The number of nitrogens with one attached hydrogen (secondary N) is 1. The topological polar surface area (TPSA) is 75.0 Å². The molecule has 3 heterocycles. The molecule has 3 N–H and O–H groups in total. The lowest BCUT2D eigenvalue weighted by Crippen LogP contribution is -2.48. The molecule has 104 valence electrons. The van der Waals surface area contributed by atoms with Gasteiger partial charge in [-0.1, -0.05) is 13.8 Å². The van der Waals surface area contributed by atoms with Crippen LogP contribution in [0.15, 0.2) is 10.9 Å². The lowest BCUT2D eigenvalue weighted by molar-refractivity contribution is 0.411. The van der Waals surface area contributed by atoms with Gasteiger partial charge in [-0.25, -0.2) is 4.98 Å². The van der Waals surface area contributed by atoms with Gasteiger partial charge in [-0.05, 0) is 25.7 Å². The molecule has 2 fully saturated rings. The molecule has 0 aromatic carbocycles. The minimum absolute atomic E-state index is 0.0528. The van der Waals surface area contributed by atoms with Gasteiger partial charge in [0.2, 0.25) is 0 Å². The average Bonchev–Trinajstić information content (AvgIpc) is 2.61. The molecule has 2 bridgehead atoms. The maximum absolute atomic E-state index is 11.8. The van der Waals surface area contributed by atoms with Gasteiger partial charge in [0.1, 0.15) is 11.6 Å². The fourth-order valence-electron chi connectivity index (χ4n) is 3.46. The third-order valence-electron chi connectivity index (χ3n) is 4.33. The zero-order valence-electron chi connectivity index (χ0n) is 11.6. The van der Waals surface area contributed by atoms with E-state index in [0.717, 1.165) is 24.5 Å². The minimum Gasteiger partial charge on any atom is -0.350 e. The number of rotatable bonds is 2. The Kier molecular flexibility index (Phi) is 3.09. The van der Waals surface area contributed by atoms with Crippen molar-refractivity contribution >= 4 is 5.82 Å². The first kappa shape index (κ1) is 12.7. The molecule has 5 nitrogen and oxygen atoms in total. The van der Waals surface area contributed by atoms with Crippen molar-refractivity contribution in [2.45, 2.75) is 63.6 Å². The van der Waals surface area contributed by atoms with Crippen molar-refractivity contribution in [3.63, 3.8) is 0 Å². The predicted octanol–water partition coefficient (Wildman–Crippen LogP) is 1.35. The van der Waals surface area contributed by atoms with Crippen molar-refractivity contribution in [1.82, 2.24) is 9.97 Å². The minimum atomic E-state index is -0.0528. The van der Waals surface area contributed by atoms with Gasteiger partial charge < -0.3 is 15.6 Å². The molecular formula is C14H22N4O. The summed E-state index contributed by atoms with van der Waals surface area (Å²) in [6, 6.07) is 2.86. The van der Waals surface area contributed by atoms with Crippen LogP contribution in [0.3, 0.4) is 0 Å². The summed E-state index contributed by atoms with van der Waals surface area (Å²) in [7, 11) is 0. The van der Waals surface area contributed by atoms with E-state index in [4.69, 9.17) is 5.73 Å². The van der Waals surface area contributed by atoms with E-state index in [2.05, 4.69) is 14.9 Å². The number of hydrogen-bond donors (Lipinski definition) is 2. The summed E-state index contributed by atoms with van der Waals surface area (Å²) in [5, 5.41) is 0. The average molecular weight is 262 g/mol. The second-order valence-electron chi connectivity index (χ2n) is 6.17. The van der Waals surface area contributed by atoms with Gasteiger partial charge in [0.15, 0.2) is 0 Å². The van der Waals surface area contributed by atoms with Crippen molar-refractivity contribution in [2.24, 2.45) is 5.73 Å². The monoisotopic (exact) mass is 262 g/mol. The van der Waals surface area contributed by atoms with Gasteiger partial charge >= 0.3 is 0 Å². The van der Waals surface area contributed by atoms with E-state index in [1.165, 1.54) is 12.8 Å². The lowest BCUT2D eigenvalue weighted by atomic mass is 9.98. The van der Waals surface area contributed by atoms with Crippen LogP contribution in [0.2, 0.25) is 0 Å². The van der Waals surface area contributed by atoms with Crippen LogP contribution in [-0.2, 0) is 0 Å². The Morgan fingerprint density at radius 1 is 1.37 bits per heavy atom. The Hall–Kier alpha value is -1.36. The first-order valence-corrected chi connectivity index (χ1v) is 7.19. The summed E-state index contributed by atoms with van der Waals surface area (Å²) in [6.07, 6.45) is 4.37. The molecule has 2 unspecified atom stereocenters. The Labute approximate surface area is 113 Å². The highest BCUT2D eigenvalue weighted by Gasteiger charge is 2.40. The molecule has 0 amide bonds. The Morgan fingerprint density at radius 2 is 2.00 bits per heavy atom. The molecule has 5 heteroatoms. The predicted molar refractivity (Wildman–Crippen MR) is 75.4 cm³/mol. The van der Waals surface area contributed by atoms with Gasteiger partial charge in [-0.15, -0.1) is 0 Å². The number of fused-ring (bicyclic) bond motifs is 2. The maximum atomic E-state index is 11.8. The molecule has 3 rings (SSSR count). The summed E-state index contributed by atoms with van der Waals surface area (Å²) in [5.41, 5.74) is 6.04.